The Morgan fingerprint density at radius 2 is 2.06 bits per heavy atom. The maximum absolute atomic E-state index is 13.4. The molecular formula is C25H30FN3O5. The lowest BCUT2D eigenvalue weighted by Crippen LogP contribution is -2.48. The number of aromatic nitrogens is 2. The van der Waals surface area contributed by atoms with Crippen LogP contribution < -0.4 is 14.2 Å². The van der Waals surface area contributed by atoms with Crippen molar-refractivity contribution in [1.82, 2.24) is 14.7 Å². The highest BCUT2D eigenvalue weighted by Gasteiger charge is 2.33. The minimum absolute atomic E-state index is 0.000690. The number of hydrogen-bond donors (Lipinski definition) is 1. The zero-order chi connectivity index (χ0) is 23.8. The standard InChI is InChI=1S/C25H30FN3O5/c1-31-24-14-20(6-7-23(24)33-13-11-29-9-3-8-27-29)16-28-10-12-32-18-25(30,17-28)19-34-22-5-2-4-21(26)15-22/h2-9,14-15,30H,10-13,16-19H2,1H3. The third kappa shape index (κ3) is 6.69. The van der Waals surface area contributed by atoms with Crippen molar-refractivity contribution in [3.05, 3.63) is 72.3 Å². The van der Waals surface area contributed by atoms with Crippen molar-refractivity contribution in [3.63, 3.8) is 0 Å². The smallest absolute Gasteiger partial charge is 0.161 e. The molecule has 182 valence electrons. The van der Waals surface area contributed by atoms with E-state index < -0.39 is 5.60 Å². The molecule has 0 spiro atoms. The molecule has 0 amide bonds. The Bertz CT molecular complexity index is 1050. The van der Waals surface area contributed by atoms with Gasteiger partial charge in [0.1, 0.15) is 30.4 Å². The van der Waals surface area contributed by atoms with Gasteiger partial charge in [-0.3, -0.25) is 9.58 Å². The number of rotatable bonds is 10. The van der Waals surface area contributed by atoms with Gasteiger partial charge in [0.05, 0.1) is 26.9 Å². The lowest BCUT2D eigenvalue weighted by atomic mass is 10.1. The van der Waals surface area contributed by atoms with Crippen LogP contribution in [0, 0.1) is 5.82 Å². The van der Waals surface area contributed by atoms with E-state index in [-0.39, 0.29) is 19.0 Å². The zero-order valence-corrected chi connectivity index (χ0v) is 19.2. The molecule has 34 heavy (non-hydrogen) atoms. The molecule has 1 fully saturated rings. The summed E-state index contributed by atoms with van der Waals surface area (Å²) in [5.74, 6) is 1.30. The molecule has 1 aliphatic rings. The Hall–Kier alpha value is -3.14. The first-order valence-electron chi connectivity index (χ1n) is 11.2. The summed E-state index contributed by atoms with van der Waals surface area (Å²) in [7, 11) is 1.61. The molecule has 3 aromatic rings. The average Bonchev–Trinajstić information content (AvgIpc) is 3.28. The van der Waals surface area contributed by atoms with E-state index in [1.54, 1.807) is 30.1 Å². The quantitative estimate of drug-likeness (QED) is 0.487. The van der Waals surface area contributed by atoms with E-state index in [2.05, 4.69) is 10.00 Å². The van der Waals surface area contributed by atoms with Crippen LogP contribution in [0.2, 0.25) is 0 Å². The number of benzene rings is 2. The van der Waals surface area contributed by atoms with E-state index in [0.717, 1.165) is 5.56 Å². The fourth-order valence-electron chi connectivity index (χ4n) is 3.86. The maximum atomic E-state index is 13.4. The molecule has 1 saturated heterocycles. The van der Waals surface area contributed by atoms with Gasteiger partial charge in [-0.05, 0) is 35.9 Å². The highest BCUT2D eigenvalue weighted by molar-refractivity contribution is 5.43. The van der Waals surface area contributed by atoms with E-state index >= 15 is 0 Å². The van der Waals surface area contributed by atoms with Crippen LogP contribution in [0.15, 0.2) is 60.9 Å². The SMILES string of the molecule is COc1cc(CN2CCOCC(O)(COc3cccc(F)c3)C2)ccc1OCCn1cccn1. The molecule has 1 unspecified atom stereocenters. The fraction of sp³-hybridized carbons (Fsp3) is 0.400. The van der Waals surface area contributed by atoms with Gasteiger partial charge >= 0.3 is 0 Å². The summed E-state index contributed by atoms with van der Waals surface area (Å²) in [4.78, 5) is 2.11. The van der Waals surface area contributed by atoms with Crippen molar-refractivity contribution in [1.29, 1.82) is 0 Å². The van der Waals surface area contributed by atoms with Crippen LogP contribution in [0.25, 0.3) is 0 Å². The summed E-state index contributed by atoms with van der Waals surface area (Å²) < 4.78 is 37.9. The summed E-state index contributed by atoms with van der Waals surface area (Å²) >= 11 is 0. The molecule has 2 heterocycles. The van der Waals surface area contributed by atoms with E-state index in [0.29, 0.717) is 56.6 Å². The van der Waals surface area contributed by atoms with Gasteiger partial charge in [0.15, 0.2) is 11.5 Å². The average molecular weight is 472 g/mol. The van der Waals surface area contributed by atoms with Gasteiger partial charge in [-0.25, -0.2) is 4.39 Å². The Morgan fingerprint density at radius 3 is 2.85 bits per heavy atom. The molecule has 1 aromatic heterocycles. The number of methoxy groups -OCH3 is 1. The fourth-order valence-corrected chi connectivity index (χ4v) is 3.86. The van der Waals surface area contributed by atoms with Crippen LogP contribution in [0.3, 0.4) is 0 Å². The van der Waals surface area contributed by atoms with Crippen LogP contribution in [0.4, 0.5) is 4.39 Å². The number of ether oxygens (including phenoxy) is 4. The summed E-state index contributed by atoms with van der Waals surface area (Å²) in [5.41, 5.74) is -0.200. The number of halogens is 1. The monoisotopic (exact) mass is 471 g/mol. The molecule has 1 N–H and O–H groups in total. The predicted molar refractivity (Wildman–Crippen MR) is 124 cm³/mol. The lowest BCUT2D eigenvalue weighted by molar-refractivity contribution is -0.0647. The molecule has 8 nitrogen and oxygen atoms in total. The van der Waals surface area contributed by atoms with Crippen LogP contribution in [-0.2, 0) is 17.8 Å². The summed E-state index contributed by atoms with van der Waals surface area (Å²) in [6.07, 6.45) is 3.62. The molecular weight excluding hydrogens is 441 g/mol. The molecule has 0 aliphatic carbocycles. The van der Waals surface area contributed by atoms with Gasteiger partial charge in [0, 0.05) is 38.1 Å². The van der Waals surface area contributed by atoms with Crippen molar-refractivity contribution in [2.45, 2.75) is 18.7 Å². The minimum Gasteiger partial charge on any atom is -0.493 e. The molecule has 1 atom stereocenters. The number of aliphatic hydroxyl groups is 1. The van der Waals surface area contributed by atoms with Gasteiger partial charge in [-0.2, -0.15) is 5.10 Å². The van der Waals surface area contributed by atoms with Crippen LogP contribution in [0.1, 0.15) is 5.56 Å². The number of hydrogen-bond acceptors (Lipinski definition) is 7. The van der Waals surface area contributed by atoms with Crippen LogP contribution in [-0.4, -0.2) is 72.0 Å². The molecule has 0 radical (unpaired) electrons. The second-order valence-corrected chi connectivity index (χ2v) is 8.34. The normalized spacial score (nSPS) is 18.9. The summed E-state index contributed by atoms with van der Waals surface area (Å²) in [6, 6.07) is 13.6. The van der Waals surface area contributed by atoms with Crippen molar-refractivity contribution in [3.8, 4) is 17.2 Å². The maximum Gasteiger partial charge on any atom is 0.161 e. The van der Waals surface area contributed by atoms with E-state index in [4.69, 9.17) is 18.9 Å². The van der Waals surface area contributed by atoms with Crippen molar-refractivity contribution < 1.29 is 28.4 Å². The molecule has 1 aliphatic heterocycles. The van der Waals surface area contributed by atoms with Gasteiger partial charge in [-0.15, -0.1) is 0 Å². The largest absolute Gasteiger partial charge is 0.493 e. The van der Waals surface area contributed by atoms with Crippen LogP contribution >= 0.6 is 0 Å². The Balaban J connectivity index is 1.35. The molecule has 0 bridgehead atoms. The Labute approximate surface area is 198 Å². The second kappa shape index (κ2) is 11.3. The summed E-state index contributed by atoms with van der Waals surface area (Å²) in [5, 5.41) is 15.3. The van der Waals surface area contributed by atoms with Gasteiger partial charge in [0.25, 0.3) is 0 Å². The lowest BCUT2D eigenvalue weighted by Gasteiger charge is -2.30. The molecule has 4 rings (SSSR count). The minimum atomic E-state index is -1.22. The van der Waals surface area contributed by atoms with Crippen molar-refractivity contribution in [2.24, 2.45) is 0 Å². The van der Waals surface area contributed by atoms with Crippen molar-refractivity contribution >= 4 is 0 Å². The van der Waals surface area contributed by atoms with Gasteiger partial charge < -0.3 is 24.1 Å². The first kappa shape index (κ1) is 24.0. The third-order valence-electron chi connectivity index (χ3n) is 5.52. The highest BCUT2D eigenvalue weighted by atomic mass is 19.1. The molecule has 2 aromatic carbocycles. The number of β-amino-alcohol motifs (C(OH)–C–C–N with tert-alkyl or cyclic N) is 1. The van der Waals surface area contributed by atoms with Gasteiger partial charge in [0.2, 0.25) is 0 Å². The summed E-state index contributed by atoms with van der Waals surface area (Å²) in [6.45, 7) is 3.36. The van der Waals surface area contributed by atoms with E-state index in [9.17, 15) is 9.50 Å². The molecule has 0 saturated carbocycles. The second-order valence-electron chi connectivity index (χ2n) is 8.34. The third-order valence-corrected chi connectivity index (χ3v) is 5.52. The Kier molecular flexibility index (Phi) is 7.99. The van der Waals surface area contributed by atoms with Gasteiger partial charge in [-0.1, -0.05) is 12.1 Å². The molecule has 9 heteroatoms. The van der Waals surface area contributed by atoms with E-state index in [1.165, 1.54) is 12.1 Å². The predicted octanol–water partition coefficient (Wildman–Crippen LogP) is 2.75. The number of nitrogens with zero attached hydrogens (tertiary/aromatic N) is 3. The van der Waals surface area contributed by atoms with E-state index in [1.807, 2.05) is 30.5 Å². The Morgan fingerprint density at radius 1 is 1.15 bits per heavy atom. The first-order valence-corrected chi connectivity index (χ1v) is 11.2. The van der Waals surface area contributed by atoms with Crippen LogP contribution in [0.5, 0.6) is 17.2 Å². The first-order chi connectivity index (χ1) is 16.5. The topological polar surface area (TPSA) is 78.2 Å². The van der Waals surface area contributed by atoms with Crippen molar-refractivity contribution in [2.75, 3.05) is 46.6 Å². The zero-order valence-electron chi connectivity index (χ0n) is 19.2. The highest BCUT2D eigenvalue weighted by Crippen LogP contribution is 2.29.